The number of carbonyl (C=O) groups is 1. The number of hydrogen-bond donors (Lipinski definition) is 2. The second kappa shape index (κ2) is 7.95. The number of rotatable bonds is 7. The van der Waals surface area contributed by atoms with Crippen LogP contribution in [0.5, 0.6) is 0 Å². The predicted molar refractivity (Wildman–Crippen MR) is 80.1 cm³/mol. The highest BCUT2D eigenvalue weighted by molar-refractivity contribution is 5.79. The van der Waals surface area contributed by atoms with Gasteiger partial charge in [0, 0.05) is 12.5 Å². The summed E-state index contributed by atoms with van der Waals surface area (Å²) in [6.45, 7) is 9.80. The highest BCUT2D eigenvalue weighted by Crippen LogP contribution is 2.17. The number of nitrogens with one attached hydrogen (secondary N) is 2. The second-order valence-corrected chi connectivity index (χ2v) is 5.09. The van der Waals surface area contributed by atoms with E-state index in [-0.39, 0.29) is 17.9 Å². The average molecular weight is 262 g/mol. The number of carbonyl (C=O) groups excluding carboxylic acids is 1. The Hall–Kier alpha value is -1.35. The van der Waals surface area contributed by atoms with Gasteiger partial charge in [0.2, 0.25) is 5.91 Å². The molecule has 0 aromatic heterocycles. The number of aryl methyl sites for hydroxylation is 1. The van der Waals surface area contributed by atoms with Crippen molar-refractivity contribution >= 4 is 5.91 Å². The van der Waals surface area contributed by atoms with Gasteiger partial charge < -0.3 is 10.6 Å². The number of benzene rings is 1. The van der Waals surface area contributed by atoms with Crippen molar-refractivity contribution in [3.8, 4) is 0 Å². The van der Waals surface area contributed by atoms with E-state index < -0.39 is 0 Å². The number of hydrogen-bond acceptors (Lipinski definition) is 2. The second-order valence-electron chi connectivity index (χ2n) is 5.09. The van der Waals surface area contributed by atoms with Crippen molar-refractivity contribution in [2.45, 2.75) is 40.2 Å². The quantitative estimate of drug-likeness (QED) is 0.793. The molecule has 0 saturated carbocycles. The van der Waals surface area contributed by atoms with Gasteiger partial charge in [0.1, 0.15) is 0 Å². The van der Waals surface area contributed by atoms with Crippen LogP contribution in [0.2, 0.25) is 0 Å². The fourth-order valence-corrected chi connectivity index (χ4v) is 1.99. The first-order chi connectivity index (χ1) is 9.08. The molecule has 2 atom stereocenters. The molecule has 0 aliphatic heterocycles. The summed E-state index contributed by atoms with van der Waals surface area (Å²) in [5.41, 5.74) is 2.42. The van der Waals surface area contributed by atoms with E-state index in [0.717, 1.165) is 19.5 Å². The molecule has 0 spiro atoms. The monoisotopic (exact) mass is 262 g/mol. The van der Waals surface area contributed by atoms with Crippen molar-refractivity contribution in [3.05, 3.63) is 35.4 Å². The summed E-state index contributed by atoms with van der Waals surface area (Å²) in [4.78, 5) is 12.1. The molecule has 2 unspecified atom stereocenters. The summed E-state index contributed by atoms with van der Waals surface area (Å²) in [5.74, 6) is 0.118. The lowest BCUT2D eigenvalue weighted by Gasteiger charge is -2.20. The Morgan fingerprint density at radius 1 is 1.21 bits per heavy atom. The van der Waals surface area contributed by atoms with Gasteiger partial charge in [-0.15, -0.1) is 0 Å². The maximum Gasteiger partial charge on any atom is 0.224 e. The fourth-order valence-electron chi connectivity index (χ4n) is 1.99. The molecule has 0 bridgehead atoms. The zero-order valence-corrected chi connectivity index (χ0v) is 12.5. The summed E-state index contributed by atoms with van der Waals surface area (Å²) < 4.78 is 0. The average Bonchev–Trinajstić information content (AvgIpc) is 2.42. The van der Waals surface area contributed by atoms with E-state index in [9.17, 15) is 4.79 Å². The van der Waals surface area contributed by atoms with Crippen LogP contribution < -0.4 is 10.6 Å². The van der Waals surface area contributed by atoms with Crippen molar-refractivity contribution in [3.63, 3.8) is 0 Å². The molecule has 0 heterocycles. The zero-order valence-electron chi connectivity index (χ0n) is 12.5. The third-order valence-corrected chi connectivity index (χ3v) is 3.35. The largest absolute Gasteiger partial charge is 0.349 e. The first-order valence-corrected chi connectivity index (χ1v) is 7.16. The van der Waals surface area contributed by atoms with Gasteiger partial charge in [-0.1, -0.05) is 50.6 Å². The lowest BCUT2D eigenvalue weighted by molar-refractivity contribution is -0.125. The fraction of sp³-hybridized carbons (Fsp3) is 0.562. The molecule has 1 aromatic carbocycles. The molecule has 19 heavy (non-hydrogen) atoms. The molecule has 0 saturated heterocycles. The van der Waals surface area contributed by atoms with Crippen LogP contribution in [-0.4, -0.2) is 19.0 Å². The predicted octanol–water partition coefficient (Wildman–Crippen LogP) is 2.81. The maximum atomic E-state index is 12.1. The van der Waals surface area contributed by atoms with E-state index in [0.29, 0.717) is 0 Å². The van der Waals surface area contributed by atoms with E-state index in [4.69, 9.17) is 0 Å². The molecule has 0 radical (unpaired) electrons. The van der Waals surface area contributed by atoms with Crippen LogP contribution in [0.1, 0.15) is 44.4 Å². The van der Waals surface area contributed by atoms with Crippen LogP contribution in [0.3, 0.4) is 0 Å². The van der Waals surface area contributed by atoms with Gasteiger partial charge >= 0.3 is 0 Å². The Kier molecular flexibility index (Phi) is 6.57. The smallest absolute Gasteiger partial charge is 0.224 e. The first-order valence-electron chi connectivity index (χ1n) is 7.16. The summed E-state index contributed by atoms with van der Waals surface area (Å²) in [7, 11) is 0. The van der Waals surface area contributed by atoms with Gasteiger partial charge in [-0.05, 0) is 25.5 Å². The standard InChI is InChI=1S/C16H26N2O/c1-5-15(14-9-7-12(3)8-10-14)18-16(19)13(4)11-17-6-2/h7-10,13,15,17H,5-6,11H2,1-4H3,(H,18,19). The van der Waals surface area contributed by atoms with Gasteiger partial charge in [-0.25, -0.2) is 0 Å². The van der Waals surface area contributed by atoms with Crippen LogP contribution in [0, 0.1) is 12.8 Å². The first kappa shape index (κ1) is 15.7. The molecule has 0 aliphatic rings. The van der Waals surface area contributed by atoms with Crippen LogP contribution in [-0.2, 0) is 4.79 Å². The van der Waals surface area contributed by atoms with Gasteiger partial charge in [0.15, 0.2) is 0 Å². The minimum Gasteiger partial charge on any atom is -0.349 e. The summed E-state index contributed by atoms with van der Waals surface area (Å²) >= 11 is 0. The zero-order chi connectivity index (χ0) is 14.3. The highest BCUT2D eigenvalue weighted by atomic mass is 16.1. The normalized spacial score (nSPS) is 13.9. The Balaban J connectivity index is 2.61. The molecule has 1 amide bonds. The van der Waals surface area contributed by atoms with Crippen molar-refractivity contribution in [1.29, 1.82) is 0 Å². The lowest BCUT2D eigenvalue weighted by atomic mass is 10.0. The van der Waals surface area contributed by atoms with E-state index in [1.54, 1.807) is 0 Å². The molecule has 1 aromatic rings. The van der Waals surface area contributed by atoms with Gasteiger partial charge in [0.25, 0.3) is 0 Å². The van der Waals surface area contributed by atoms with Crippen LogP contribution in [0.15, 0.2) is 24.3 Å². The van der Waals surface area contributed by atoms with Gasteiger partial charge in [-0.3, -0.25) is 4.79 Å². The van der Waals surface area contributed by atoms with Gasteiger partial charge in [0.05, 0.1) is 6.04 Å². The summed E-state index contributed by atoms with van der Waals surface area (Å²) in [6, 6.07) is 8.48. The Labute approximate surface area is 116 Å². The van der Waals surface area contributed by atoms with Gasteiger partial charge in [-0.2, -0.15) is 0 Å². The molecule has 3 heteroatoms. The van der Waals surface area contributed by atoms with Crippen molar-refractivity contribution in [2.75, 3.05) is 13.1 Å². The lowest BCUT2D eigenvalue weighted by Crippen LogP contribution is -2.37. The molecule has 2 N–H and O–H groups in total. The Bertz CT molecular complexity index is 386. The van der Waals surface area contributed by atoms with Crippen LogP contribution >= 0.6 is 0 Å². The van der Waals surface area contributed by atoms with Crippen molar-refractivity contribution < 1.29 is 4.79 Å². The van der Waals surface area contributed by atoms with E-state index in [1.165, 1.54) is 11.1 Å². The maximum absolute atomic E-state index is 12.1. The van der Waals surface area contributed by atoms with E-state index in [2.05, 4.69) is 48.7 Å². The minimum absolute atomic E-state index is 0.000511. The van der Waals surface area contributed by atoms with Crippen molar-refractivity contribution in [1.82, 2.24) is 10.6 Å². The third-order valence-electron chi connectivity index (χ3n) is 3.35. The Morgan fingerprint density at radius 2 is 1.84 bits per heavy atom. The Morgan fingerprint density at radius 3 is 2.37 bits per heavy atom. The SMILES string of the molecule is CCNCC(C)C(=O)NC(CC)c1ccc(C)cc1. The molecule has 1 rings (SSSR count). The minimum atomic E-state index is -0.000511. The van der Waals surface area contributed by atoms with Crippen molar-refractivity contribution in [2.24, 2.45) is 5.92 Å². The third kappa shape index (κ3) is 5.03. The summed E-state index contributed by atoms with van der Waals surface area (Å²) in [6.07, 6.45) is 0.905. The molecule has 106 valence electrons. The van der Waals surface area contributed by atoms with E-state index in [1.807, 2.05) is 13.8 Å². The molecule has 0 fully saturated rings. The van der Waals surface area contributed by atoms with Crippen LogP contribution in [0.25, 0.3) is 0 Å². The molecular weight excluding hydrogens is 236 g/mol. The topological polar surface area (TPSA) is 41.1 Å². The summed E-state index contributed by atoms with van der Waals surface area (Å²) in [5, 5.41) is 6.34. The molecular formula is C16H26N2O. The van der Waals surface area contributed by atoms with E-state index >= 15 is 0 Å². The molecule has 0 aliphatic carbocycles. The van der Waals surface area contributed by atoms with Crippen LogP contribution in [0.4, 0.5) is 0 Å². The molecule has 3 nitrogen and oxygen atoms in total. The highest BCUT2D eigenvalue weighted by Gasteiger charge is 2.17. The number of amides is 1.